The van der Waals surface area contributed by atoms with E-state index in [4.69, 9.17) is 5.11 Å². The number of benzene rings is 1. The van der Waals surface area contributed by atoms with Crippen molar-refractivity contribution in [1.82, 2.24) is 0 Å². The lowest BCUT2D eigenvalue weighted by Crippen LogP contribution is -2.22. The summed E-state index contributed by atoms with van der Waals surface area (Å²) in [7, 11) is 0. The van der Waals surface area contributed by atoms with Gasteiger partial charge in [0.1, 0.15) is 0 Å². The largest absolute Gasteiger partial charge is 0.481 e. The number of aliphatic carboxylic acids is 1. The molecule has 1 unspecified atom stereocenters. The smallest absolute Gasteiger partial charge is 0.307 e. The van der Waals surface area contributed by atoms with E-state index in [1.165, 1.54) is 0 Å². The van der Waals surface area contributed by atoms with Gasteiger partial charge in [0.15, 0.2) is 0 Å². The molecule has 0 radical (unpaired) electrons. The van der Waals surface area contributed by atoms with Crippen molar-refractivity contribution in [3.63, 3.8) is 0 Å². The van der Waals surface area contributed by atoms with Crippen molar-refractivity contribution in [3.05, 3.63) is 29.8 Å². The van der Waals surface area contributed by atoms with E-state index >= 15 is 0 Å². The molecule has 1 aromatic rings. The zero-order chi connectivity index (χ0) is 13.0. The Labute approximate surface area is 110 Å². The van der Waals surface area contributed by atoms with Crippen molar-refractivity contribution in [2.24, 2.45) is 5.92 Å². The second kappa shape index (κ2) is 5.91. The average molecular weight is 265 g/mol. The van der Waals surface area contributed by atoms with Gasteiger partial charge in [-0.2, -0.15) is 11.8 Å². The van der Waals surface area contributed by atoms with Crippen molar-refractivity contribution >= 4 is 29.3 Å². The zero-order valence-corrected chi connectivity index (χ0v) is 10.7. The van der Waals surface area contributed by atoms with Gasteiger partial charge in [-0.15, -0.1) is 0 Å². The fraction of sp³-hybridized carbons (Fsp3) is 0.385. The predicted molar refractivity (Wildman–Crippen MR) is 71.8 cm³/mol. The minimum absolute atomic E-state index is 0.00743. The number of carbonyl (C=O) groups excluding carboxylic acids is 1. The van der Waals surface area contributed by atoms with Crippen molar-refractivity contribution in [1.29, 1.82) is 0 Å². The number of carboxylic acid groups (broad SMARTS) is 1. The minimum atomic E-state index is -0.852. The zero-order valence-electron chi connectivity index (χ0n) is 9.89. The third-order valence-corrected chi connectivity index (χ3v) is 4.04. The normalized spacial score (nSPS) is 18.6. The first-order chi connectivity index (χ1) is 8.65. The summed E-state index contributed by atoms with van der Waals surface area (Å²) in [6.07, 6.45) is 0.946. The fourth-order valence-electron chi connectivity index (χ4n) is 1.87. The van der Waals surface area contributed by atoms with E-state index in [-0.39, 0.29) is 18.2 Å². The van der Waals surface area contributed by atoms with Crippen molar-refractivity contribution < 1.29 is 14.7 Å². The average Bonchev–Trinajstić information content (AvgIpc) is 2.84. The van der Waals surface area contributed by atoms with Gasteiger partial charge in [-0.05, 0) is 29.9 Å². The Morgan fingerprint density at radius 3 is 2.61 bits per heavy atom. The van der Waals surface area contributed by atoms with Crippen LogP contribution in [-0.4, -0.2) is 28.5 Å². The van der Waals surface area contributed by atoms with Crippen LogP contribution in [0.3, 0.4) is 0 Å². The summed E-state index contributed by atoms with van der Waals surface area (Å²) in [5.41, 5.74) is 1.46. The summed E-state index contributed by atoms with van der Waals surface area (Å²) in [6.45, 7) is 0. The highest BCUT2D eigenvalue weighted by Crippen LogP contribution is 2.24. The Hall–Kier alpha value is -1.49. The van der Waals surface area contributed by atoms with Gasteiger partial charge < -0.3 is 10.4 Å². The maximum atomic E-state index is 11.9. The molecule has 1 saturated heterocycles. The number of anilines is 1. The van der Waals surface area contributed by atoms with E-state index < -0.39 is 5.97 Å². The highest BCUT2D eigenvalue weighted by atomic mass is 32.2. The summed E-state index contributed by atoms with van der Waals surface area (Å²) < 4.78 is 0. The summed E-state index contributed by atoms with van der Waals surface area (Å²) in [5, 5.41) is 11.5. The van der Waals surface area contributed by atoms with E-state index in [0.29, 0.717) is 0 Å². The molecule has 1 aromatic carbocycles. The Morgan fingerprint density at radius 2 is 2.06 bits per heavy atom. The lowest BCUT2D eigenvalue weighted by Gasteiger charge is -2.10. The Bertz CT molecular complexity index is 438. The maximum absolute atomic E-state index is 11.9. The van der Waals surface area contributed by atoms with Gasteiger partial charge in [-0.25, -0.2) is 0 Å². The van der Waals surface area contributed by atoms with Gasteiger partial charge in [-0.1, -0.05) is 12.1 Å². The number of carbonyl (C=O) groups is 2. The van der Waals surface area contributed by atoms with Crippen LogP contribution in [0.15, 0.2) is 24.3 Å². The molecular formula is C13H15NO3S. The Kier molecular flexibility index (Phi) is 4.25. The molecule has 2 N–H and O–H groups in total. The molecule has 4 nitrogen and oxygen atoms in total. The third-order valence-electron chi connectivity index (χ3n) is 2.88. The van der Waals surface area contributed by atoms with Crippen LogP contribution >= 0.6 is 11.8 Å². The molecule has 1 atom stereocenters. The van der Waals surface area contributed by atoms with E-state index in [0.717, 1.165) is 29.2 Å². The Balaban J connectivity index is 1.93. The van der Waals surface area contributed by atoms with E-state index in [1.807, 2.05) is 0 Å². The van der Waals surface area contributed by atoms with Crippen LogP contribution < -0.4 is 5.32 Å². The molecule has 0 saturated carbocycles. The molecule has 1 amide bonds. The molecular weight excluding hydrogens is 250 g/mol. The number of amides is 1. The molecule has 1 aliphatic heterocycles. The molecule has 0 aliphatic carbocycles. The van der Waals surface area contributed by atoms with E-state index in [2.05, 4.69) is 5.32 Å². The van der Waals surface area contributed by atoms with Gasteiger partial charge >= 0.3 is 5.97 Å². The molecule has 1 aliphatic rings. The van der Waals surface area contributed by atoms with Gasteiger partial charge in [0, 0.05) is 17.4 Å². The second-order valence-electron chi connectivity index (χ2n) is 4.32. The first-order valence-electron chi connectivity index (χ1n) is 5.84. The molecule has 18 heavy (non-hydrogen) atoms. The monoisotopic (exact) mass is 265 g/mol. The minimum Gasteiger partial charge on any atom is -0.481 e. The molecule has 0 spiro atoms. The highest BCUT2D eigenvalue weighted by Gasteiger charge is 2.22. The number of carboxylic acids is 1. The molecule has 0 aromatic heterocycles. The second-order valence-corrected chi connectivity index (χ2v) is 5.47. The number of hydrogen-bond acceptors (Lipinski definition) is 3. The number of nitrogens with one attached hydrogen (secondary N) is 1. The molecule has 5 heteroatoms. The molecule has 1 heterocycles. The van der Waals surface area contributed by atoms with E-state index in [1.54, 1.807) is 36.0 Å². The summed E-state index contributed by atoms with van der Waals surface area (Å²) >= 11 is 1.80. The van der Waals surface area contributed by atoms with Gasteiger partial charge in [-0.3, -0.25) is 9.59 Å². The summed E-state index contributed by atoms with van der Waals surface area (Å²) in [5.74, 6) is 1.26. The first-order valence-corrected chi connectivity index (χ1v) is 7.00. The van der Waals surface area contributed by atoms with Gasteiger partial charge in [0.2, 0.25) is 5.91 Å². The fourth-order valence-corrected chi connectivity index (χ4v) is 3.09. The summed E-state index contributed by atoms with van der Waals surface area (Å²) in [6, 6.07) is 6.96. The SMILES string of the molecule is O=C(O)Cc1ccc(NC(=O)C2CCSC2)cc1. The lowest BCUT2D eigenvalue weighted by molar-refractivity contribution is -0.136. The summed E-state index contributed by atoms with van der Waals surface area (Å²) in [4.78, 5) is 22.4. The lowest BCUT2D eigenvalue weighted by atomic mass is 10.1. The van der Waals surface area contributed by atoms with Crippen LogP contribution in [0.4, 0.5) is 5.69 Å². The van der Waals surface area contributed by atoms with E-state index in [9.17, 15) is 9.59 Å². The Morgan fingerprint density at radius 1 is 1.33 bits per heavy atom. The maximum Gasteiger partial charge on any atom is 0.307 e. The number of thioether (sulfide) groups is 1. The third kappa shape index (κ3) is 3.50. The van der Waals surface area contributed by atoms with Crippen LogP contribution in [0.5, 0.6) is 0 Å². The first kappa shape index (κ1) is 13.0. The van der Waals surface area contributed by atoms with Crippen molar-refractivity contribution in [2.75, 3.05) is 16.8 Å². The number of rotatable bonds is 4. The molecule has 2 rings (SSSR count). The van der Waals surface area contributed by atoms with Crippen molar-refractivity contribution in [3.8, 4) is 0 Å². The van der Waals surface area contributed by atoms with Gasteiger partial charge in [0.05, 0.1) is 6.42 Å². The molecule has 1 fully saturated rings. The number of hydrogen-bond donors (Lipinski definition) is 2. The molecule has 96 valence electrons. The quantitative estimate of drug-likeness (QED) is 0.874. The highest BCUT2D eigenvalue weighted by molar-refractivity contribution is 7.99. The predicted octanol–water partition coefficient (Wildman–Crippen LogP) is 2.01. The molecule has 0 bridgehead atoms. The topological polar surface area (TPSA) is 66.4 Å². The van der Waals surface area contributed by atoms with Crippen LogP contribution in [0.2, 0.25) is 0 Å². The van der Waals surface area contributed by atoms with Crippen LogP contribution in [0.1, 0.15) is 12.0 Å². The van der Waals surface area contributed by atoms with Crippen LogP contribution in [-0.2, 0) is 16.0 Å². The standard InChI is InChI=1S/C13H15NO3S/c15-12(16)7-9-1-3-11(4-2-9)14-13(17)10-5-6-18-8-10/h1-4,10H,5-8H2,(H,14,17)(H,15,16). The van der Waals surface area contributed by atoms with Crippen LogP contribution in [0, 0.1) is 5.92 Å². The van der Waals surface area contributed by atoms with Gasteiger partial charge in [0.25, 0.3) is 0 Å². The van der Waals surface area contributed by atoms with Crippen LogP contribution in [0.25, 0.3) is 0 Å². The van der Waals surface area contributed by atoms with Crippen molar-refractivity contribution in [2.45, 2.75) is 12.8 Å².